The standard InChI is InChI=1S/C13H17N3O5/c1-4-15(8-12(17)14(2)3)9-5-6-11(16(20)21)10(7-9)13(18)19/h5-7H,4,8H2,1-3H3,(H,18,19). The average molecular weight is 295 g/mol. The summed E-state index contributed by atoms with van der Waals surface area (Å²) in [5.41, 5.74) is -0.412. The minimum absolute atomic E-state index is 0.0698. The highest BCUT2D eigenvalue weighted by molar-refractivity contribution is 5.94. The molecule has 0 fully saturated rings. The summed E-state index contributed by atoms with van der Waals surface area (Å²) in [6.07, 6.45) is 0. The van der Waals surface area contributed by atoms with Crippen LogP contribution >= 0.6 is 0 Å². The van der Waals surface area contributed by atoms with E-state index < -0.39 is 22.1 Å². The van der Waals surface area contributed by atoms with E-state index in [1.165, 1.54) is 17.0 Å². The van der Waals surface area contributed by atoms with Crippen LogP contribution in [-0.2, 0) is 4.79 Å². The lowest BCUT2D eigenvalue weighted by molar-refractivity contribution is -0.385. The van der Waals surface area contributed by atoms with E-state index in [1.54, 1.807) is 19.0 Å². The summed E-state index contributed by atoms with van der Waals surface area (Å²) in [6, 6.07) is 3.80. The maximum atomic E-state index is 11.7. The highest BCUT2D eigenvalue weighted by atomic mass is 16.6. The van der Waals surface area contributed by atoms with Crippen molar-refractivity contribution in [2.24, 2.45) is 0 Å². The molecule has 0 spiro atoms. The van der Waals surface area contributed by atoms with E-state index in [0.29, 0.717) is 12.2 Å². The van der Waals surface area contributed by atoms with Crippen molar-refractivity contribution in [2.75, 3.05) is 32.1 Å². The topological polar surface area (TPSA) is 104 Å². The zero-order valence-electron chi connectivity index (χ0n) is 12.1. The molecule has 0 saturated carbocycles. The second kappa shape index (κ2) is 6.69. The highest BCUT2D eigenvalue weighted by Gasteiger charge is 2.22. The van der Waals surface area contributed by atoms with Crippen LogP contribution in [0.25, 0.3) is 0 Å². The third kappa shape index (κ3) is 3.91. The molecule has 0 unspecified atom stereocenters. The number of aromatic carboxylic acids is 1. The van der Waals surface area contributed by atoms with Crippen molar-refractivity contribution < 1.29 is 19.6 Å². The Hall–Kier alpha value is -2.64. The molecule has 0 heterocycles. The Balaban J connectivity index is 3.17. The first-order valence-electron chi connectivity index (χ1n) is 6.24. The normalized spacial score (nSPS) is 10.0. The van der Waals surface area contributed by atoms with Gasteiger partial charge in [0, 0.05) is 32.4 Å². The lowest BCUT2D eigenvalue weighted by Crippen LogP contribution is -2.36. The van der Waals surface area contributed by atoms with Gasteiger partial charge in [-0.1, -0.05) is 0 Å². The van der Waals surface area contributed by atoms with Crippen LogP contribution in [0.15, 0.2) is 18.2 Å². The summed E-state index contributed by atoms with van der Waals surface area (Å²) in [6.45, 7) is 2.35. The molecule has 0 aliphatic rings. The second-order valence-corrected chi connectivity index (χ2v) is 4.57. The van der Waals surface area contributed by atoms with Gasteiger partial charge in [-0.3, -0.25) is 14.9 Å². The van der Waals surface area contributed by atoms with Gasteiger partial charge in [0.25, 0.3) is 5.69 Å². The Morgan fingerprint density at radius 3 is 2.38 bits per heavy atom. The number of amides is 1. The average Bonchev–Trinajstić information content (AvgIpc) is 2.43. The molecule has 8 heteroatoms. The van der Waals surface area contributed by atoms with Crippen LogP contribution in [0.5, 0.6) is 0 Å². The van der Waals surface area contributed by atoms with Crippen molar-refractivity contribution in [3.63, 3.8) is 0 Å². The number of benzene rings is 1. The molecule has 0 aromatic heterocycles. The summed E-state index contributed by atoms with van der Waals surface area (Å²) in [7, 11) is 3.24. The molecular weight excluding hydrogens is 278 g/mol. The number of nitrogens with zero attached hydrogens (tertiary/aromatic N) is 3. The molecule has 1 aromatic rings. The number of nitro groups is 1. The van der Waals surface area contributed by atoms with Gasteiger partial charge >= 0.3 is 5.97 Å². The minimum atomic E-state index is -1.38. The third-order valence-electron chi connectivity index (χ3n) is 2.98. The predicted molar refractivity (Wildman–Crippen MR) is 76.6 cm³/mol. The first kappa shape index (κ1) is 16.4. The van der Waals surface area contributed by atoms with Gasteiger partial charge < -0.3 is 14.9 Å². The Morgan fingerprint density at radius 2 is 1.95 bits per heavy atom. The molecule has 1 N–H and O–H groups in total. The Bertz CT molecular complexity index is 571. The summed E-state index contributed by atoms with van der Waals surface area (Å²) in [4.78, 5) is 36.0. The van der Waals surface area contributed by atoms with Crippen molar-refractivity contribution in [1.29, 1.82) is 0 Å². The number of likely N-dealkylation sites (N-methyl/N-ethyl adjacent to an activating group) is 2. The lowest BCUT2D eigenvalue weighted by atomic mass is 10.1. The molecule has 0 atom stereocenters. The SMILES string of the molecule is CCN(CC(=O)N(C)C)c1ccc([N+](=O)[O-])c(C(=O)O)c1. The number of hydrogen-bond donors (Lipinski definition) is 1. The van der Waals surface area contributed by atoms with Gasteiger partial charge in [-0.15, -0.1) is 0 Å². The van der Waals surface area contributed by atoms with Gasteiger partial charge in [-0.05, 0) is 19.1 Å². The number of anilines is 1. The van der Waals surface area contributed by atoms with Crippen LogP contribution in [0.1, 0.15) is 17.3 Å². The molecule has 1 rings (SSSR count). The van der Waals surface area contributed by atoms with Gasteiger partial charge in [-0.25, -0.2) is 4.79 Å². The number of carbonyl (C=O) groups excluding carboxylic acids is 1. The molecule has 8 nitrogen and oxygen atoms in total. The number of hydrogen-bond acceptors (Lipinski definition) is 5. The first-order chi connectivity index (χ1) is 9.77. The van der Waals surface area contributed by atoms with Gasteiger partial charge in [-0.2, -0.15) is 0 Å². The van der Waals surface area contributed by atoms with Crippen LogP contribution in [0.4, 0.5) is 11.4 Å². The van der Waals surface area contributed by atoms with E-state index in [1.807, 2.05) is 6.92 Å². The largest absolute Gasteiger partial charge is 0.477 e. The molecule has 0 aliphatic heterocycles. The number of carboxylic acid groups (broad SMARTS) is 1. The van der Waals surface area contributed by atoms with E-state index in [4.69, 9.17) is 5.11 Å². The van der Waals surface area contributed by atoms with Crippen LogP contribution in [-0.4, -0.2) is 54.0 Å². The minimum Gasteiger partial charge on any atom is -0.477 e. The molecule has 1 aromatic carbocycles. The number of nitro benzene ring substituents is 1. The number of carbonyl (C=O) groups is 2. The lowest BCUT2D eigenvalue weighted by Gasteiger charge is -2.24. The van der Waals surface area contributed by atoms with Gasteiger partial charge in [0.05, 0.1) is 11.5 Å². The first-order valence-corrected chi connectivity index (χ1v) is 6.24. The quantitative estimate of drug-likeness (QED) is 0.625. The van der Waals surface area contributed by atoms with Crippen LogP contribution in [0.2, 0.25) is 0 Å². The van der Waals surface area contributed by atoms with Gasteiger partial charge in [0.1, 0.15) is 5.56 Å². The maximum absolute atomic E-state index is 11.7. The Kier molecular flexibility index (Phi) is 5.23. The van der Waals surface area contributed by atoms with E-state index in [-0.39, 0.29) is 12.5 Å². The van der Waals surface area contributed by atoms with Crippen LogP contribution < -0.4 is 4.90 Å². The number of carboxylic acids is 1. The molecule has 114 valence electrons. The van der Waals surface area contributed by atoms with Crippen molar-refractivity contribution in [1.82, 2.24) is 4.90 Å². The van der Waals surface area contributed by atoms with E-state index in [9.17, 15) is 19.7 Å². The molecule has 21 heavy (non-hydrogen) atoms. The highest BCUT2D eigenvalue weighted by Crippen LogP contribution is 2.25. The predicted octanol–water partition coefficient (Wildman–Crippen LogP) is 1.21. The summed E-state index contributed by atoms with van der Waals surface area (Å²) < 4.78 is 0. The van der Waals surface area contributed by atoms with E-state index in [2.05, 4.69) is 0 Å². The number of rotatable bonds is 6. The second-order valence-electron chi connectivity index (χ2n) is 4.57. The van der Waals surface area contributed by atoms with Crippen molar-refractivity contribution in [3.8, 4) is 0 Å². The van der Waals surface area contributed by atoms with Crippen molar-refractivity contribution in [3.05, 3.63) is 33.9 Å². The zero-order valence-corrected chi connectivity index (χ0v) is 12.1. The third-order valence-corrected chi connectivity index (χ3v) is 2.98. The molecule has 0 radical (unpaired) electrons. The smallest absolute Gasteiger partial charge is 0.342 e. The van der Waals surface area contributed by atoms with Gasteiger partial charge in [0.2, 0.25) is 5.91 Å². The van der Waals surface area contributed by atoms with Crippen LogP contribution in [0.3, 0.4) is 0 Å². The summed E-state index contributed by atoms with van der Waals surface area (Å²) in [5.74, 6) is -1.52. The fourth-order valence-electron chi connectivity index (χ4n) is 1.74. The molecule has 1 amide bonds. The summed E-state index contributed by atoms with van der Waals surface area (Å²) >= 11 is 0. The van der Waals surface area contributed by atoms with E-state index >= 15 is 0 Å². The molecule has 0 aliphatic carbocycles. The van der Waals surface area contributed by atoms with Gasteiger partial charge in [0.15, 0.2) is 0 Å². The molecular formula is C13H17N3O5. The monoisotopic (exact) mass is 295 g/mol. The Morgan fingerprint density at radius 1 is 1.33 bits per heavy atom. The summed E-state index contributed by atoms with van der Waals surface area (Å²) in [5, 5.41) is 19.9. The fourth-order valence-corrected chi connectivity index (χ4v) is 1.74. The molecule has 0 saturated heterocycles. The van der Waals surface area contributed by atoms with E-state index in [0.717, 1.165) is 6.07 Å². The van der Waals surface area contributed by atoms with Crippen LogP contribution in [0, 0.1) is 10.1 Å². The molecule has 0 bridgehead atoms. The zero-order chi connectivity index (χ0) is 16.2. The fraction of sp³-hybridized carbons (Fsp3) is 0.385. The van der Waals surface area contributed by atoms with Crippen molar-refractivity contribution >= 4 is 23.3 Å². The maximum Gasteiger partial charge on any atom is 0.342 e. The van der Waals surface area contributed by atoms with Crippen molar-refractivity contribution in [2.45, 2.75) is 6.92 Å². The Labute approximate surface area is 121 Å².